The average Bonchev–Trinajstić information content (AvgIpc) is 2.86. The highest BCUT2D eigenvalue weighted by atomic mass is 35.5. The number of amides is 1. The minimum Gasteiger partial charge on any atom is -0.340 e. The van der Waals surface area contributed by atoms with Crippen LogP contribution >= 0.6 is 24.0 Å². The number of aromatic nitrogens is 2. The van der Waals surface area contributed by atoms with Gasteiger partial charge in [-0.2, -0.15) is 5.10 Å². The third kappa shape index (κ3) is 4.00. The fourth-order valence-corrected chi connectivity index (χ4v) is 2.17. The molecule has 0 bridgehead atoms. The van der Waals surface area contributed by atoms with E-state index in [1.165, 1.54) is 0 Å². The Kier molecular flexibility index (Phi) is 6.87. The Labute approximate surface area is 141 Å². The number of carbonyl (C=O) groups excluding carboxylic acids is 1. The van der Waals surface area contributed by atoms with E-state index in [-0.39, 0.29) is 18.3 Å². The Morgan fingerprint density at radius 1 is 1.36 bits per heavy atom. The number of hydrogen-bond donors (Lipinski definition) is 1. The van der Waals surface area contributed by atoms with Crippen LogP contribution in [0.5, 0.6) is 0 Å². The molecule has 22 heavy (non-hydrogen) atoms. The van der Waals surface area contributed by atoms with Crippen molar-refractivity contribution in [3.63, 3.8) is 0 Å². The molecule has 1 amide bonds. The van der Waals surface area contributed by atoms with Crippen LogP contribution in [-0.4, -0.2) is 47.8 Å². The van der Waals surface area contributed by atoms with Gasteiger partial charge in [-0.3, -0.25) is 4.79 Å². The predicted molar refractivity (Wildman–Crippen MR) is 91.4 cm³/mol. The summed E-state index contributed by atoms with van der Waals surface area (Å²) in [4.78, 5) is 14.1. The number of carbonyl (C=O) groups is 1. The molecule has 5 nitrogen and oxygen atoms in total. The predicted octanol–water partition coefficient (Wildman–Crippen LogP) is 2.55. The maximum absolute atomic E-state index is 12.4. The number of halogens is 2. The molecule has 0 aliphatic carbocycles. The molecule has 0 fully saturated rings. The monoisotopic (exact) mass is 342 g/mol. The maximum Gasteiger partial charge on any atom is 0.257 e. The second-order valence-electron chi connectivity index (χ2n) is 4.86. The minimum atomic E-state index is -0.0250. The van der Waals surface area contributed by atoms with E-state index in [9.17, 15) is 4.79 Å². The summed E-state index contributed by atoms with van der Waals surface area (Å²) < 4.78 is 1.75. The Morgan fingerprint density at radius 2 is 2.00 bits per heavy atom. The van der Waals surface area contributed by atoms with Gasteiger partial charge in [-0.1, -0.05) is 11.6 Å². The van der Waals surface area contributed by atoms with Crippen LogP contribution in [-0.2, 0) is 0 Å². The van der Waals surface area contributed by atoms with E-state index < -0.39 is 0 Å². The van der Waals surface area contributed by atoms with E-state index in [0.717, 1.165) is 17.9 Å². The largest absolute Gasteiger partial charge is 0.340 e. The van der Waals surface area contributed by atoms with E-state index in [4.69, 9.17) is 11.6 Å². The molecule has 1 N–H and O–H groups in total. The Bertz CT molecular complexity index is 625. The summed E-state index contributed by atoms with van der Waals surface area (Å²) in [5, 5.41) is 8.01. The van der Waals surface area contributed by atoms with E-state index in [2.05, 4.69) is 10.4 Å². The lowest BCUT2D eigenvalue weighted by atomic mass is 10.2. The van der Waals surface area contributed by atoms with Crippen molar-refractivity contribution in [1.82, 2.24) is 20.0 Å². The summed E-state index contributed by atoms with van der Waals surface area (Å²) in [6.45, 7) is 3.30. The van der Waals surface area contributed by atoms with Crippen molar-refractivity contribution >= 4 is 29.9 Å². The maximum atomic E-state index is 12.4. The number of nitrogens with zero attached hydrogens (tertiary/aromatic N) is 3. The van der Waals surface area contributed by atoms with Crippen LogP contribution in [0.4, 0.5) is 0 Å². The zero-order valence-electron chi connectivity index (χ0n) is 12.8. The van der Waals surface area contributed by atoms with Crippen molar-refractivity contribution in [2.24, 2.45) is 0 Å². The molecule has 1 aromatic heterocycles. The van der Waals surface area contributed by atoms with Gasteiger partial charge in [0, 0.05) is 25.2 Å². The smallest absolute Gasteiger partial charge is 0.257 e. The van der Waals surface area contributed by atoms with Crippen LogP contribution in [0.1, 0.15) is 16.1 Å². The van der Waals surface area contributed by atoms with Gasteiger partial charge < -0.3 is 10.2 Å². The summed E-state index contributed by atoms with van der Waals surface area (Å²) in [6, 6.07) is 7.36. The minimum absolute atomic E-state index is 0. The van der Waals surface area contributed by atoms with Crippen molar-refractivity contribution in [3.05, 3.63) is 46.7 Å². The van der Waals surface area contributed by atoms with E-state index in [1.807, 2.05) is 26.1 Å². The molecule has 7 heteroatoms. The molecule has 0 spiro atoms. The van der Waals surface area contributed by atoms with E-state index >= 15 is 0 Å². The molecule has 0 aliphatic rings. The fraction of sp³-hybridized carbons (Fsp3) is 0.333. The van der Waals surface area contributed by atoms with Crippen LogP contribution in [0.15, 0.2) is 30.5 Å². The van der Waals surface area contributed by atoms with Crippen LogP contribution in [0.25, 0.3) is 5.69 Å². The quantitative estimate of drug-likeness (QED) is 0.908. The molecule has 0 radical (unpaired) electrons. The van der Waals surface area contributed by atoms with E-state index in [1.54, 1.807) is 35.0 Å². The Hall–Kier alpha value is -1.56. The lowest BCUT2D eigenvalue weighted by molar-refractivity contribution is 0.0796. The van der Waals surface area contributed by atoms with Crippen molar-refractivity contribution in [2.45, 2.75) is 6.92 Å². The topological polar surface area (TPSA) is 50.2 Å². The highest BCUT2D eigenvalue weighted by Gasteiger charge is 2.18. The molecule has 0 atom stereocenters. The molecular formula is C15H20Cl2N4O. The van der Waals surface area contributed by atoms with Gasteiger partial charge in [-0.25, -0.2) is 4.68 Å². The Balaban J connectivity index is 0.00000242. The standard InChI is InChI=1S/C15H19ClN4O.ClH/c1-11-14(15(21)19(3)9-8-17-2)10-18-20(11)13-6-4-12(16)5-7-13;/h4-7,10,17H,8-9H2,1-3H3;1H. The molecule has 1 heterocycles. The molecule has 120 valence electrons. The van der Waals surface area contributed by atoms with Crippen LogP contribution in [0.3, 0.4) is 0 Å². The molecule has 2 aromatic rings. The van der Waals surface area contributed by atoms with Crippen molar-refractivity contribution in [1.29, 1.82) is 0 Å². The number of benzene rings is 1. The third-order valence-electron chi connectivity index (χ3n) is 3.36. The lowest BCUT2D eigenvalue weighted by Gasteiger charge is -2.16. The highest BCUT2D eigenvalue weighted by Crippen LogP contribution is 2.17. The molecular weight excluding hydrogens is 323 g/mol. The van der Waals surface area contributed by atoms with Crippen molar-refractivity contribution in [2.75, 3.05) is 27.2 Å². The zero-order chi connectivity index (χ0) is 15.4. The molecule has 2 rings (SSSR count). The number of hydrogen-bond acceptors (Lipinski definition) is 3. The van der Waals surface area contributed by atoms with Crippen LogP contribution in [0.2, 0.25) is 5.02 Å². The number of rotatable bonds is 5. The molecule has 0 unspecified atom stereocenters. The van der Waals surface area contributed by atoms with Gasteiger partial charge in [0.25, 0.3) is 5.91 Å². The molecule has 0 aliphatic heterocycles. The van der Waals surface area contributed by atoms with Gasteiger partial charge in [-0.05, 0) is 38.2 Å². The first kappa shape index (κ1) is 18.5. The first-order valence-electron chi connectivity index (χ1n) is 6.75. The van der Waals surface area contributed by atoms with Crippen LogP contribution < -0.4 is 5.32 Å². The summed E-state index contributed by atoms with van der Waals surface area (Å²) in [5.41, 5.74) is 2.32. The first-order chi connectivity index (χ1) is 10.0. The lowest BCUT2D eigenvalue weighted by Crippen LogP contribution is -2.33. The first-order valence-corrected chi connectivity index (χ1v) is 7.13. The highest BCUT2D eigenvalue weighted by molar-refractivity contribution is 6.30. The fourth-order valence-electron chi connectivity index (χ4n) is 2.05. The molecule has 1 aromatic carbocycles. The molecule has 0 saturated carbocycles. The van der Waals surface area contributed by atoms with Gasteiger partial charge in [-0.15, -0.1) is 12.4 Å². The summed E-state index contributed by atoms with van der Waals surface area (Å²) in [7, 11) is 3.65. The summed E-state index contributed by atoms with van der Waals surface area (Å²) in [5.74, 6) is -0.0250. The van der Waals surface area contributed by atoms with Gasteiger partial charge in [0.05, 0.1) is 23.1 Å². The SMILES string of the molecule is CNCCN(C)C(=O)c1cnn(-c2ccc(Cl)cc2)c1C.Cl. The second-order valence-corrected chi connectivity index (χ2v) is 5.30. The summed E-state index contributed by atoms with van der Waals surface area (Å²) >= 11 is 5.89. The van der Waals surface area contributed by atoms with Gasteiger partial charge in [0.15, 0.2) is 0 Å². The van der Waals surface area contributed by atoms with Crippen molar-refractivity contribution < 1.29 is 4.79 Å². The third-order valence-corrected chi connectivity index (χ3v) is 3.61. The van der Waals surface area contributed by atoms with Gasteiger partial charge in [0.2, 0.25) is 0 Å². The zero-order valence-corrected chi connectivity index (χ0v) is 14.4. The normalized spacial score (nSPS) is 10.2. The van der Waals surface area contributed by atoms with Gasteiger partial charge >= 0.3 is 0 Å². The number of likely N-dealkylation sites (N-methyl/N-ethyl adjacent to an activating group) is 2. The second kappa shape index (κ2) is 8.17. The van der Waals surface area contributed by atoms with Gasteiger partial charge in [0.1, 0.15) is 0 Å². The number of nitrogens with one attached hydrogen (secondary N) is 1. The van der Waals surface area contributed by atoms with Crippen molar-refractivity contribution in [3.8, 4) is 5.69 Å². The molecule has 0 saturated heterocycles. The Morgan fingerprint density at radius 3 is 2.59 bits per heavy atom. The van der Waals surface area contributed by atoms with E-state index in [0.29, 0.717) is 17.1 Å². The van der Waals surface area contributed by atoms with Crippen LogP contribution in [0, 0.1) is 6.92 Å². The average molecular weight is 343 g/mol. The summed E-state index contributed by atoms with van der Waals surface area (Å²) in [6.07, 6.45) is 1.61.